The molecular formula is C13H20F2. The van der Waals surface area contributed by atoms with Crippen LogP contribution in [0.3, 0.4) is 0 Å². The fourth-order valence-electron chi connectivity index (χ4n) is 1.29. The Bertz CT molecular complexity index is 280. The molecule has 0 atom stereocenters. The zero-order valence-electron chi connectivity index (χ0n) is 10.2. The minimum Gasteiger partial charge on any atom is -0.207 e. The molecule has 0 nitrogen and oxygen atoms in total. The van der Waals surface area contributed by atoms with Crippen molar-refractivity contribution in [1.29, 1.82) is 0 Å². The lowest BCUT2D eigenvalue weighted by atomic mass is 10.00. The molecule has 86 valence electrons. The van der Waals surface area contributed by atoms with E-state index in [1.54, 1.807) is 6.92 Å². The first-order chi connectivity index (χ1) is 7.06. The van der Waals surface area contributed by atoms with Crippen molar-refractivity contribution >= 4 is 0 Å². The Hall–Kier alpha value is -0.920. The van der Waals surface area contributed by atoms with Gasteiger partial charge in [-0.05, 0) is 30.0 Å². The Labute approximate surface area is 91.3 Å². The molecule has 0 aromatic heterocycles. The highest BCUT2D eigenvalue weighted by atomic mass is 19.1. The third kappa shape index (κ3) is 3.61. The highest BCUT2D eigenvalue weighted by Gasteiger charge is 2.10. The summed E-state index contributed by atoms with van der Waals surface area (Å²) in [4.78, 5) is 0. The van der Waals surface area contributed by atoms with Crippen molar-refractivity contribution < 1.29 is 8.78 Å². The van der Waals surface area contributed by atoms with Gasteiger partial charge >= 0.3 is 0 Å². The van der Waals surface area contributed by atoms with Gasteiger partial charge in [-0.1, -0.05) is 34.6 Å². The summed E-state index contributed by atoms with van der Waals surface area (Å²) in [5.41, 5.74) is 0.900. The van der Waals surface area contributed by atoms with Crippen molar-refractivity contribution in [2.75, 3.05) is 0 Å². The van der Waals surface area contributed by atoms with E-state index in [2.05, 4.69) is 0 Å². The second kappa shape index (κ2) is 6.54. The van der Waals surface area contributed by atoms with E-state index in [4.69, 9.17) is 0 Å². The number of hydrogen-bond donors (Lipinski definition) is 0. The van der Waals surface area contributed by atoms with Gasteiger partial charge in [-0.15, -0.1) is 0 Å². The predicted molar refractivity (Wildman–Crippen MR) is 61.2 cm³/mol. The first kappa shape index (κ1) is 14.1. The molecule has 0 radical (unpaired) electrons. The topological polar surface area (TPSA) is 0 Å². The van der Waals surface area contributed by atoms with E-state index in [1.807, 2.05) is 27.7 Å². The van der Waals surface area contributed by atoms with E-state index in [0.717, 1.165) is 0 Å². The van der Waals surface area contributed by atoms with E-state index in [1.165, 1.54) is 12.1 Å². The van der Waals surface area contributed by atoms with Crippen LogP contribution in [0.4, 0.5) is 8.78 Å². The SMILES string of the molecule is CC.CCc1c(F)cc(C(C)C)cc1F. The van der Waals surface area contributed by atoms with Gasteiger partial charge in [0.15, 0.2) is 0 Å². The van der Waals surface area contributed by atoms with Crippen molar-refractivity contribution in [2.45, 2.75) is 47.0 Å². The van der Waals surface area contributed by atoms with Gasteiger partial charge in [0.05, 0.1) is 0 Å². The number of benzene rings is 1. The molecule has 0 N–H and O–H groups in total. The van der Waals surface area contributed by atoms with Crippen molar-refractivity contribution in [1.82, 2.24) is 0 Å². The van der Waals surface area contributed by atoms with E-state index in [9.17, 15) is 8.78 Å². The number of rotatable bonds is 2. The molecule has 0 aliphatic heterocycles. The summed E-state index contributed by atoms with van der Waals surface area (Å²) in [6, 6.07) is 2.85. The van der Waals surface area contributed by atoms with Gasteiger partial charge in [-0.25, -0.2) is 8.78 Å². The Kier molecular flexibility index (Phi) is 6.14. The van der Waals surface area contributed by atoms with E-state index < -0.39 is 11.6 Å². The van der Waals surface area contributed by atoms with Crippen molar-refractivity contribution in [3.63, 3.8) is 0 Å². The van der Waals surface area contributed by atoms with Crippen LogP contribution < -0.4 is 0 Å². The smallest absolute Gasteiger partial charge is 0.129 e. The van der Waals surface area contributed by atoms with Gasteiger partial charge in [0.1, 0.15) is 11.6 Å². The third-order valence-corrected chi connectivity index (χ3v) is 2.18. The molecule has 0 aliphatic rings. The molecule has 0 heterocycles. The van der Waals surface area contributed by atoms with Gasteiger partial charge in [-0.3, -0.25) is 0 Å². The molecule has 15 heavy (non-hydrogen) atoms. The molecule has 1 aromatic carbocycles. The predicted octanol–water partition coefficient (Wildman–Crippen LogP) is 4.68. The molecular weight excluding hydrogens is 194 g/mol. The maximum absolute atomic E-state index is 13.2. The average Bonchev–Trinajstić information content (AvgIpc) is 2.20. The highest BCUT2D eigenvalue weighted by molar-refractivity contribution is 5.28. The van der Waals surface area contributed by atoms with Crippen LogP contribution in [0.15, 0.2) is 12.1 Å². The summed E-state index contributed by atoms with van der Waals surface area (Å²) >= 11 is 0. The molecule has 1 aromatic rings. The molecule has 0 unspecified atom stereocenters. The summed E-state index contributed by atoms with van der Waals surface area (Å²) in [5, 5.41) is 0. The zero-order valence-corrected chi connectivity index (χ0v) is 10.2. The normalized spacial score (nSPS) is 9.87. The fraction of sp³-hybridized carbons (Fsp3) is 0.538. The van der Waals surface area contributed by atoms with Crippen LogP contribution in [0.2, 0.25) is 0 Å². The molecule has 0 amide bonds. The lowest BCUT2D eigenvalue weighted by molar-refractivity contribution is 0.553. The molecule has 0 aliphatic carbocycles. The van der Waals surface area contributed by atoms with Gasteiger partial charge in [0.25, 0.3) is 0 Å². The first-order valence-corrected chi connectivity index (χ1v) is 5.54. The van der Waals surface area contributed by atoms with Gasteiger partial charge in [-0.2, -0.15) is 0 Å². The minimum absolute atomic E-state index is 0.162. The Morgan fingerprint density at radius 3 is 1.73 bits per heavy atom. The molecule has 2 heteroatoms. The quantitative estimate of drug-likeness (QED) is 0.670. The van der Waals surface area contributed by atoms with E-state index in [0.29, 0.717) is 12.0 Å². The maximum atomic E-state index is 13.2. The lowest BCUT2D eigenvalue weighted by Gasteiger charge is -2.08. The zero-order chi connectivity index (χ0) is 12.0. The van der Waals surface area contributed by atoms with Crippen LogP contribution in [0.1, 0.15) is 51.7 Å². The Balaban J connectivity index is 0.000000921. The van der Waals surface area contributed by atoms with Gasteiger partial charge in [0, 0.05) is 5.56 Å². The second-order valence-corrected chi connectivity index (χ2v) is 3.47. The van der Waals surface area contributed by atoms with E-state index >= 15 is 0 Å². The molecule has 0 saturated heterocycles. The molecule has 0 bridgehead atoms. The number of halogens is 2. The van der Waals surface area contributed by atoms with Crippen LogP contribution in [0.25, 0.3) is 0 Å². The van der Waals surface area contributed by atoms with Gasteiger partial charge in [0.2, 0.25) is 0 Å². The molecule has 0 spiro atoms. The van der Waals surface area contributed by atoms with Crippen molar-refractivity contribution in [3.05, 3.63) is 34.9 Å². The first-order valence-electron chi connectivity index (χ1n) is 5.54. The van der Waals surface area contributed by atoms with Crippen LogP contribution >= 0.6 is 0 Å². The average molecular weight is 214 g/mol. The van der Waals surface area contributed by atoms with Gasteiger partial charge < -0.3 is 0 Å². The summed E-state index contributed by atoms with van der Waals surface area (Å²) in [6.07, 6.45) is 0.399. The molecule has 1 rings (SSSR count). The summed E-state index contributed by atoms with van der Waals surface area (Å²) < 4.78 is 26.5. The van der Waals surface area contributed by atoms with Crippen LogP contribution in [0.5, 0.6) is 0 Å². The summed E-state index contributed by atoms with van der Waals surface area (Å²) in [6.45, 7) is 9.58. The standard InChI is InChI=1S/C11H14F2.C2H6/c1-4-9-10(12)5-8(7(2)3)6-11(9)13;1-2/h5-7H,4H2,1-3H3;1-2H3. The number of hydrogen-bond acceptors (Lipinski definition) is 0. The van der Waals surface area contributed by atoms with Crippen molar-refractivity contribution in [2.24, 2.45) is 0 Å². The second-order valence-electron chi connectivity index (χ2n) is 3.47. The monoisotopic (exact) mass is 214 g/mol. The Morgan fingerprint density at radius 2 is 1.47 bits per heavy atom. The van der Waals surface area contributed by atoms with Crippen LogP contribution in [-0.4, -0.2) is 0 Å². The highest BCUT2D eigenvalue weighted by Crippen LogP contribution is 2.21. The lowest BCUT2D eigenvalue weighted by Crippen LogP contribution is -1.98. The largest absolute Gasteiger partial charge is 0.207 e. The van der Waals surface area contributed by atoms with Crippen LogP contribution in [0, 0.1) is 11.6 Å². The Morgan fingerprint density at radius 1 is 1.07 bits per heavy atom. The summed E-state index contributed by atoms with van der Waals surface area (Å²) in [7, 11) is 0. The molecule has 0 fully saturated rings. The third-order valence-electron chi connectivity index (χ3n) is 2.18. The maximum Gasteiger partial charge on any atom is 0.129 e. The van der Waals surface area contributed by atoms with Crippen LogP contribution in [-0.2, 0) is 6.42 Å². The molecule has 0 saturated carbocycles. The van der Waals surface area contributed by atoms with E-state index in [-0.39, 0.29) is 11.5 Å². The summed E-state index contributed by atoms with van der Waals surface area (Å²) in [5.74, 6) is -0.688. The minimum atomic E-state index is -0.425. The fourth-order valence-corrected chi connectivity index (χ4v) is 1.29. The van der Waals surface area contributed by atoms with Crippen molar-refractivity contribution in [3.8, 4) is 0 Å².